The number of nitrogen functional groups attached to an aromatic ring is 1. The number of ether oxygens (including phenoxy) is 1. The molecule has 0 radical (unpaired) electrons. The minimum Gasteiger partial charge on any atom is -0.471 e. The summed E-state index contributed by atoms with van der Waals surface area (Å²) in [5, 5.41) is 2.90. The molecule has 2 aromatic rings. The SMILES string of the molecule is CNc1nc(OCc2ccccn2)ccc1N. The second-order valence-electron chi connectivity index (χ2n) is 3.45. The quantitative estimate of drug-likeness (QED) is 0.836. The second-order valence-corrected chi connectivity index (χ2v) is 3.45. The summed E-state index contributed by atoms with van der Waals surface area (Å²) in [4.78, 5) is 8.38. The summed E-state index contributed by atoms with van der Waals surface area (Å²) in [7, 11) is 1.77. The maximum Gasteiger partial charge on any atom is 0.215 e. The minimum atomic E-state index is 0.390. The van der Waals surface area contributed by atoms with E-state index in [9.17, 15) is 0 Å². The molecule has 0 aromatic carbocycles. The molecule has 2 rings (SSSR count). The Morgan fingerprint density at radius 2 is 2.18 bits per heavy atom. The van der Waals surface area contributed by atoms with Gasteiger partial charge in [-0.2, -0.15) is 4.98 Å². The highest BCUT2D eigenvalue weighted by Gasteiger charge is 2.02. The maximum absolute atomic E-state index is 5.71. The van der Waals surface area contributed by atoms with Crippen LogP contribution in [0, 0.1) is 0 Å². The maximum atomic E-state index is 5.71. The van der Waals surface area contributed by atoms with Crippen molar-refractivity contribution in [1.82, 2.24) is 9.97 Å². The first-order chi connectivity index (χ1) is 8.29. The molecular formula is C12H14N4O. The van der Waals surface area contributed by atoms with Gasteiger partial charge in [0, 0.05) is 19.3 Å². The zero-order chi connectivity index (χ0) is 12.1. The average molecular weight is 230 g/mol. The van der Waals surface area contributed by atoms with Crippen LogP contribution in [0.15, 0.2) is 36.5 Å². The lowest BCUT2D eigenvalue weighted by Gasteiger charge is -2.08. The number of pyridine rings is 2. The monoisotopic (exact) mass is 230 g/mol. The van der Waals surface area contributed by atoms with Crippen LogP contribution < -0.4 is 15.8 Å². The summed E-state index contributed by atoms with van der Waals surface area (Å²) in [5.41, 5.74) is 7.17. The lowest BCUT2D eigenvalue weighted by atomic mass is 10.3. The largest absolute Gasteiger partial charge is 0.471 e. The van der Waals surface area contributed by atoms with E-state index < -0.39 is 0 Å². The van der Waals surface area contributed by atoms with Crippen molar-refractivity contribution in [3.8, 4) is 5.88 Å². The molecule has 0 saturated heterocycles. The van der Waals surface area contributed by atoms with Gasteiger partial charge in [-0.05, 0) is 18.2 Å². The van der Waals surface area contributed by atoms with Crippen molar-refractivity contribution in [3.05, 3.63) is 42.2 Å². The summed E-state index contributed by atoms with van der Waals surface area (Å²) in [6.45, 7) is 0.390. The first-order valence-corrected chi connectivity index (χ1v) is 5.26. The Hall–Kier alpha value is -2.30. The first-order valence-electron chi connectivity index (χ1n) is 5.26. The molecule has 5 nitrogen and oxygen atoms in total. The molecule has 0 spiro atoms. The Kier molecular flexibility index (Phi) is 3.40. The van der Waals surface area contributed by atoms with E-state index in [2.05, 4.69) is 15.3 Å². The van der Waals surface area contributed by atoms with Crippen LogP contribution in [0.2, 0.25) is 0 Å². The van der Waals surface area contributed by atoms with E-state index in [1.54, 1.807) is 25.4 Å². The van der Waals surface area contributed by atoms with Crippen molar-refractivity contribution in [2.24, 2.45) is 0 Å². The summed E-state index contributed by atoms with van der Waals surface area (Å²) in [6, 6.07) is 9.17. The number of hydrogen-bond acceptors (Lipinski definition) is 5. The molecule has 0 fully saturated rings. The van der Waals surface area contributed by atoms with E-state index in [4.69, 9.17) is 10.5 Å². The second kappa shape index (κ2) is 5.16. The molecule has 2 aromatic heterocycles. The number of nitrogens with two attached hydrogens (primary N) is 1. The highest BCUT2D eigenvalue weighted by atomic mass is 16.5. The molecule has 0 bridgehead atoms. The molecule has 0 atom stereocenters. The van der Waals surface area contributed by atoms with Gasteiger partial charge in [-0.1, -0.05) is 6.07 Å². The fourth-order valence-electron chi connectivity index (χ4n) is 1.36. The fraction of sp³-hybridized carbons (Fsp3) is 0.167. The van der Waals surface area contributed by atoms with Gasteiger partial charge in [-0.15, -0.1) is 0 Å². The molecule has 0 aliphatic heterocycles. The van der Waals surface area contributed by atoms with Gasteiger partial charge in [0.2, 0.25) is 5.88 Å². The van der Waals surface area contributed by atoms with Gasteiger partial charge in [0.05, 0.1) is 11.4 Å². The Bertz CT molecular complexity index is 487. The minimum absolute atomic E-state index is 0.390. The Morgan fingerprint density at radius 1 is 1.29 bits per heavy atom. The Morgan fingerprint density at radius 3 is 2.88 bits per heavy atom. The van der Waals surface area contributed by atoms with Gasteiger partial charge >= 0.3 is 0 Å². The standard InChI is InChI=1S/C12H14N4O/c1-14-12-10(13)5-6-11(16-12)17-8-9-4-2-3-7-15-9/h2-7H,8,13H2,1H3,(H,14,16). The molecule has 0 saturated carbocycles. The van der Waals surface area contributed by atoms with E-state index in [0.29, 0.717) is 24.0 Å². The van der Waals surface area contributed by atoms with E-state index in [0.717, 1.165) is 5.69 Å². The molecule has 0 aliphatic carbocycles. The molecule has 0 amide bonds. The summed E-state index contributed by atoms with van der Waals surface area (Å²) >= 11 is 0. The molecule has 0 aliphatic rings. The Balaban J connectivity index is 2.04. The van der Waals surface area contributed by atoms with Crippen LogP contribution in [0.1, 0.15) is 5.69 Å². The lowest BCUT2D eigenvalue weighted by molar-refractivity contribution is 0.290. The van der Waals surface area contributed by atoms with E-state index in [1.807, 2.05) is 18.2 Å². The average Bonchev–Trinajstić information content (AvgIpc) is 2.39. The number of anilines is 2. The van der Waals surface area contributed by atoms with Crippen molar-refractivity contribution in [1.29, 1.82) is 0 Å². The normalized spacial score (nSPS) is 9.94. The van der Waals surface area contributed by atoms with Gasteiger partial charge in [0.15, 0.2) is 5.82 Å². The molecule has 17 heavy (non-hydrogen) atoms. The Labute approximate surface area is 99.7 Å². The van der Waals surface area contributed by atoms with Crippen LogP contribution in [0.3, 0.4) is 0 Å². The fourth-order valence-corrected chi connectivity index (χ4v) is 1.36. The van der Waals surface area contributed by atoms with Crippen LogP contribution in [0.25, 0.3) is 0 Å². The van der Waals surface area contributed by atoms with Crippen LogP contribution in [0.5, 0.6) is 5.88 Å². The third kappa shape index (κ3) is 2.84. The van der Waals surface area contributed by atoms with Crippen molar-refractivity contribution >= 4 is 11.5 Å². The van der Waals surface area contributed by atoms with Gasteiger partial charge in [-0.25, -0.2) is 0 Å². The molecule has 3 N–H and O–H groups in total. The molecule has 2 heterocycles. The molecule has 5 heteroatoms. The van der Waals surface area contributed by atoms with Gasteiger partial charge < -0.3 is 15.8 Å². The van der Waals surface area contributed by atoms with Crippen LogP contribution in [-0.2, 0) is 6.61 Å². The van der Waals surface area contributed by atoms with Crippen molar-refractivity contribution in [3.63, 3.8) is 0 Å². The predicted molar refractivity (Wildman–Crippen MR) is 66.8 cm³/mol. The number of aromatic nitrogens is 2. The molecule has 88 valence electrons. The van der Waals surface area contributed by atoms with Crippen LogP contribution >= 0.6 is 0 Å². The van der Waals surface area contributed by atoms with Gasteiger partial charge in [-0.3, -0.25) is 4.98 Å². The lowest BCUT2D eigenvalue weighted by Crippen LogP contribution is -2.03. The van der Waals surface area contributed by atoms with E-state index >= 15 is 0 Å². The van der Waals surface area contributed by atoms with E-state index in [1.165, 1.54) is 0 Å². The van der Waals surface area contributed by atoms with Crippen LogP contribution in [-0.4, -0.2) is 17.0 Å². The third-order valence-electron chi connectivity index (χ3n) is 2.23. The van der Waals surface area contributed by atoms with Gasteiger partial charge in [0.1, 0.15) is 6.61 Å². The molecular weight excluding hydrogens is 216 g/mol. The number of rotatable bonds is 4. The van der Waals surface area contributed by atoms with Crippen molar-refractivity contribution in [2.45, 2.75) is 6.61 Å². The summed E-state index contributed by atoms with van der Waals surface area (Å²) in [5.74, 6) is 1.14. The zero-order valence-electron chi connectivity index (χ0n) is 9.55. The van der Waals surface area contributed by atoms with Crippen molar-refractivity contribution in [2.75, 3.05) is 18.1 Å². The summed E-state index contributed by atoms with van der Waals surface area (Å²) in [6.07, 6.45) is 1.73. The van der Waals surface area contributed by atoms with Crippen LogP contribution in [0.4, 0.5) is 11.5 Å². The van der Waals surface area contributed by atoms with Gasteiger partial charge in [0.25, 0.3) is 0 Å². The van der Waals surface area contributed by atoms with Crippen molar-refractivity contribution < 1.29 is 4.74 Å². The zero-order valence-corrected chi connectivity index (χ0v) is 9.55. The smallest absolute Gasteiger partial charge is 0.215 e. The predicted octanol–water partition coefficient (Wildman–Crippen LogP) is 1.68. The number of hydrogen-bond donors (Lipinski definition) is 2. The molecule has 0 unspecified atom stereocenters. The third-order valence-corrected chi connectivity index (χ3v) is 2.23. The number of nitrogens with one attached hydrogen (secondary N) is 1. The highest BCUT2D eigenvalue weighted by molar-refractivity contribution is 5.61. The van der Waals surface area contributed by atoms with E-state index in [-0.39, 0.29) is 0 Å². The first kappa shape index (κ1) is 11.2. The highest BCUT2D eigenvalue weighted by Crippen LogP contribution is 2.19. The topological polar surface area (TPSA) is 73.1 Å². The number of nitrogens with zero attached hydrogens (tertiary/aromatic N) is 2. The summed E-state index contributed by atoms with van der Waals surface area (Å²) < 4.78 is 5.52.